The minimum absolute atomic E-state index is 0.380. The maximum absolute atomic E-state index is 11.3. The summed E-state index contributed by atoms with van der Waals surface area (Å²) < 4.78 is 4.80. The highest BCUT2D eigenvalue weighted by molar-refractivity contribution is 5.89. The van der Waals surface area contributed by atoms with Crippen LogP contribution in [-0.4, -0.2) is 35.5 Å². The van der Waals surface area contributed by atoms with Crippen LogP contribution in [0.3, 0.4) is 0 Å². The van der Waals surface area contributed by atoms with E-state index in [1.807, 2.05) is 0 Å². The first kappa shape index (κ1) is 10.7. The normalized spacial score (nSPS) is 10.2. The van der Waals surface area contributed by atoms with E-state index in [1.54, 1.807) is 30.3 Å². The second-order valence-electron chi connectivity index (χ2n) is 2.76. The molecule has 1 aromatic carbocycles. The number of hydrogen-bond donors (Lipinski definition) is 2. The Hall–Kier alpha value is -1.39. The lowest BCUT2D eigenvalue weighted by atomic mass is 10.2. The number of aliphatic hydroxyl groups excluding tert-OH is 2. The molecule has 0 aliphatic heterocycles. The van der Waals surface area contributed by atoms with Crippen molar-refractivity contribution in [3.05, 3.63) is 35.9 Å². The molecular weight excluding hydrogens is 184 g/mol. The second kappa shape index (κ2) is 5.36. The van der Waals surface area contributed by atoms with Gasteiger partial charge in [0.1, 0.15) is 6.10 Å². The van der Waals surface area contributed by atoms with Crippen LogP contribution in [0.5, 0.6) is 0 Å². The van der Waals surface area contributed by atoms with Gasteiger partial charge >= 0.3 is 5.97 Å². The van der Waals surface area contributed by atoms with Crippen LogP contribution in [0.4, 0.5) is 0 Å². The molecule has 0 amide bonds. The van der Waals surface area contributed by atoms with Crippen LogP contribution in [0, 0.1) is 0 Å². The molecule has 0 saturated heterocycles. The van der Waals surface area contributed by atoms with Crippen molar-refractivity contribution in [3.8, 4) is 0 Å². The van der Waals surface area contributed by atoms with Crippen molar-refractivity contribution in [3.63, 3.8) is 0 Å². The molecule has 0 aliphatic rings. The van der Waals surface area contributed by atoms with Crippen LogP contribution in [0.15, 0.2) is 30.3 Å². The average Bonchev–Trinajstić information content (AvgIpc) is 2.26. The third-order valence-electron chi connectivity index (χ3n) is 1.69. The van der Waals surface area contributed by atoms with Gasteiger partial charge in [0.2, 0.25) is 0 Å². The molecule has 2 N–H and O–H groups in total. The summed E-state index contributed by atoms with van der Waals surface area (Å²) in [6.07, 6.45) is -0.845. The maximum atomic E-state index is 11.3. The van der Waals surface area contributed by atoms with E-state index in [0.29, 0.717) is 5.56 Å². The number of ether oxygens (including phenoxy) is 1. The monoisotopic (exact) mass is 196 g/mol. The smallest absolute Gasteiger partial charge is 0.338 e. The van der Waals surface area contributed by atoms with Gasteiger partial charge in [0.15, 0.2) is 0 Å². The van der Waals surface area contributed by atoms with Crippen LogP contribution in [0.1, 0.15) is 10.4 Å². The molecule has 0 aromatic heterocycles. The standard InChI is InChI=1S/C10H12O4/c11-6-9(7-12)14-10(13)8-4-2-1-3-5-8/h1-5,9,11-12H,6-7H2. The van der Waals surface area contributed by atoms with Crippen molar-refractivity contribution in [1.29, 1.82) is 0 Å². The highest BCUT2D eigenvalue weighted by atomic mass is 16.6. The highest BCUT2D eigenvalue weighted by Crippen LogP contribution is 2.03. The first-order valence-electron chi connectivity index (χ1n) is 4.25. The maximum Gasteiger partial charge on any atom is 0.338 e. The SMILES string of the molecule is O=C(OC(CO)CO)c1ccccc1. The van der Waals surface area contributed by atoms with Crippen LogP contribution in [0.25, 0.3) is 0 Å². The zero-order valence-corrected chi connectivity index (χ0v) is 7.59. The summed E-state index contributed by atoms with van der Waals surface area (Å²) in [4.78, 5) is 11.3. The van der Waals surface area contributed by atoms with E-state index >= 15 is 0 Å². The number of carbonyl (C=O) groups excluding carboxylic acids is 1. The lowest BCUT2D eigenvalue weighted by molar-refractivity contribution is -0.00544. The van der Waals surface area contributed by atoms with Gasteiger partial charge in [-0.3, -0.25) is 0 Å². The minimum Gasteiger partial charge on any atom is -0.454 e. The summed E-state index contributed by atoms with van der Waals surface area (Å²) in [6.45, 7) is -0.760. The number of aliphatic hydroxyl groups is 2. The van der Waals surface area contributed by atoms with Gasteiger partial charge in [-0.05, 0) is 12.1 Å². The van der Waals surface area contributed by atoms with Gasteiger partial charge in [-0.15, -0.1) is 0 Å². The molecule has 1 aromatic rings. The lowest BCUT2D eigenvalue weighted by Crippen LogP contribution is -2.25. The molecule has 76 valence electrons. The van der Waals surface area contributed by atoms with E-state index in [4.69, 9.17) is 14.9 Å². The van der Waals surface area contributed by atoms with Gasteiger partial charge in [-0.2, -0.15) is 0 Å². The minimum atomic E-state index is -0.845. The molecule has 0 radical (unpaired) electrons. The summed E-state index contributed by atoms with van der Waals surface area (Å²) >= 11 is 0. The van der Waals surface area contributed by atoms with Crippen LogP contribution < -0.4 is 0 Å². The van der Waals surface area contributed by atoms with Crippen molar-refractivity contribution in [1.82, 2.24) is 0 Å². The quantitative estimate of drug-likeness (QED) is 0.675. The van der Waals surface area contributed by atoms with Crippen molar-refractivity contribution in [2.75, 3.05) is 13.2 Å². The van der Waals surface area contributed by atoms with Crippen LogP contribution >= 0.6 is 0 Å². The Morgan fingerprint density at radius 2 is 1.79 bits per heavy atom. The molecule has 0 bridgehead atoms. The predicted molar refractivity (Wildman–Crippen MR) is 49.8 cm³/mol. The summed E-state index contributed by atoms with van der Waals surface area (Å²) in [6, 6.07) is 8.42. The molecule has 0 aliphatic carbocycles. The van der Waals surface area contributed by atoms with Crippen molar-refractivity contribution in [2.24, 2.45) is 0 Å². The summed E-state index contributed by atoms with van der Waals surface area (Å²) in [5, 5.41) is 17.4. The van der Waals surface area contributed by atoms with Crippen LogP contribution in [-0.2, 0) is 4.74 Å². The van der Waals surface area contributed by atoms with Crippen molar-refractivity contribution >= 4 is 5.97 Å². The Bertz CT molecular complexity index is 279. The van der Waals surface area contributed by atoms with E-state index < -0.39 is 12.1 Å². The molecule has 0 fully saturated rings. The largest absolute Gasteiger partial charge is 0.454 e. The molecule has 4 heteroatoms. The number of rotatable bonds is 4. The third kappa shape index (κ3) is 2.83. The summed E-state index contributed by atoms with van der Waals surface area (Å²) in [5.41, 5.74) is 0.402. The highest BCUT2D eigenvalue weighted by Gasteiger charge is 2.13. The fraction of sp³-hybridized carbons (Fsp3) is 0.300. The summed E-state index contributed by atoms with van der Waals surface area (Å²) in [5.74, 6) is -0.543. The number of hydrogen-bond acceptors (Lipinski definition) is 4. The predicted octanol–water partition coefficient (Wildman–Crippen LogP) is 0.197. The molecule has 14 heavy (non-hydrogen) atoms. The molecular formula is C10H12O4. The fourth-order valence-corrected chi connectivity index (χ4v) is 0.926. The molecule has 1 rings (SSSR count). The van der Waals surface area contributed by atoms with Gasteiger partial charge in [0.05, 0.1) is 18.8 Å². The number of esters is 1. The van der Waals surface area contributed by atoms with Gasteiger partial charge in [-0.1, -0.05) is 18.2 Å². The van der Waals surface area contributed by atoms with Gasteiger partial charge in [0, 0.05) is 0 Å². The molecule has 0 atom stereocenters. The van der Waals surface area contributed by atoms with Crippen LogP contribution in [0.2, 0.25) is 0 Å². The average molecular weight is 196 g/mol. The first-order valence-corrected chi connectivity index (χ1v) is 4.25. The van der Waals surface area contributed by atoms with Gasteiger partial charge in [-0.25, -0.2) is 4.79 Å². The lowest BCUT2D eigenvalue weighted by Gasteiger charge is -2.12. The Morgan fingerprint density at radius 3 is 2.29 bits per heavy atom. The van der Waals surface area contributed by atoms with E-state index in [2.05, 4.69) is 0 Å². The van der Waals surface area contributed by atoms with E-state index in [0.717, 1.165) is 0 Å². The van der Waals surface area contributed by atoms with Gasteiger partial charge < -0.3 is 14.9 Å². The molecule has 0 unspecified atom stereocenters. The Morgan fingerprint density at radius 1 is 1.21 bits per heavy atom. The van der Waals surface area contributed by atoms with Crippen molar-refractivity contribution < 1.29 is 19.7 Å². The molecule has 0 saturated carbocycles. The molecule has 0 heterocycles. The summed E-state index contributed by atoms with van der Waals surface area (Å²) in [7, 11) is 0. The zero-order chi connectivity index (χ0) is 10.4. The van der Waals surface area contributed by atoms with Crippen molar-refractivity contribution in [2.45, 2.75) is 6.10 Å². The van der Waals surface area contributed by atoms with E-state index in [1.165, 1.54) is 0 Å². The second-order valence-corrected chi connectivity index (χ2v) is 2.76. The zero-order valence-electron chi connectivity index (χ0n) is 7.59. The Labute approximate surface area is 81.8 Å². The number of carbonyl (C=O) groups is 1. The number of benzene rings is 1. The topological polar surface area (TPSA) is 66.8 Å². The molecule has 4 nitrogen and oxygen atoms in total. The van der Waals surface area contributed by atoms with E-state index in [9.17, 15) is 4.79 Å². The Kier molecular flexibility index (Phi) is 4.10. The van der Waals surface area contributed by atoms with Gasteiger partial charge in [0.25, 0.3) is 0 Å². The third-order valence-corrected chi connectivity index (χ3v) is 1.69. The first-order chi connectivity index (χ1) is 6.77. The fourth-order valence-electron chi connectivity index (χ4n) is 0.926. The van der Waals surface area contributed by atoms with E-state index in [-0.39, 0.29) is 13.2 Å². The Balaban J connectivity index is 2.59. The molecule has 0 spiro atoms.